The number of benzene rings is 3. The number of anilines is 1. The van der Waals surface area contributed by atoms with E-state index in [1.54, 1.807) is 49.6 Å². The second kappa shape index (κ2) is 10.4. The van der Waals surface area contributed by atoms with Gasteiger partial charge in [0.25, 0.3) is 0 Å². The van der Waals surface area contributed by atoms with Crippen LogP contribution >= 0.6 is 0 Å². The number of hydrogen-bond acceptors (Lipinski definition) is 6. The van der Waals surface area contributed by atoms with Gasteiger partial charge in [-0.25, -0.2) is 5.43 Å². The summed E-state index contributed by atoms with van der Waals surface area (Å²) in [6, 6.07) is 21.1. The largest absolute Gasteiger partial charge is 0.497 e. The zero-order valence-corrected chi connectivity index (χ0v) is 17.0. The topological polar surface area (TPSA) is 98.2 Å². The van der Waals surface area contributed by atoms with Crippen LogP contribution in [0.1, 0.15) is 5.56 Å². The number of ether oxygens (including phenoxy) is 3. The average molecular weight is 419 g/mol. The summed E-state index contributed by atoms with van der Waals surface area (Å²) in [5.41, 5.74) is 3.24. The molecule has 0 aromatic heterocycles. The summed E-state index contributed by atoms with van der Waals surface area (Å²) in [4.78, 5) is 24.1. The maximum Gasteiger partial charge on any atom is 0.329 e. The molecule has 0 fully saturated rings. The fourth-order valence-electron chi connectivity index (χ4n) is 2.56. The van der Waals surface area contributed by atoms with Gasteiger partial charge in [-0.3, -0.25) is 9.59 Å². The molecule has 0 radical (unpaired) electrons. The van der Waals surface area contributed by atoms with Crippen LogP contribution in [0.25, 0.3) is 0 Å². The van der Waals surface area contributed by atoms with Gasteiger partial charge in [0.1, 0.15) is 23.0 Å². The predicted octanol–water partition coefficient (Wildman–Crippen LogP) is 3.58. The molecule has 8 heteroatoms. The highest BCUT2D eigenvalue weighted by atomic mass is 16.5. The number of nitrogens with one attached hydrogen (secondary N) is 2. The Balaban J connectivity index is 1.53. The van der Waals surface area contributed by atoms with Gasteiger partial charge in [-0.15, -0.1) is 0 Å². The Morgan fingerprint density at radius 3 is 2.16 bits per heavy atom. The van der Waals surface area contributed by atoms with Gasteiger partial charge in [0, 0.05) is 17.3 Å². The Morgan fingerprint density at radius 2 is 1.48 bits per heavy atom. The molecule has 0 atom stereocenters. The molecular formula is C23H21N3O5. The fraction of sp³-hybridized carbons (Fsp3) is 0.0870. The summed E-state index contributed by atoms with van der Waals surface area (Å²) in [6.45, 7) is 0. The van der Waals surface area contributed by atoms with E-state index in [4.69, 9.17) is 14.2 Å². The van der Waals surface area contributed by atoms with Gasteiger partial charge in [-0.2, -0.15) is 5.10 Å². The van der Waals surface area contributed by atoms with Crippen LogP contribution in [0.4, 0.5) is 5.69 Å². The first-order valence-corrected chi connectivity index (χ1v) is 9.28. The minimum absolute atomic E-state index is 0.446. The van der Waals surface area contributed by atoms with Gasteiger partial charge >= 0.3 is 11.8 Å². The van der Waals surface area contributed by atoms with Crippen molar-refractivity contribution in [2.75, 3.05) is 19.5 Å². The molecule has 0 saturated carbocycles. The number of carbonyl (C=O) groups excluding carboxylic acids is 2. The van der Waals surface area contributed by atoms with E-state index in [9.17, 15) is 9.59 Å². The maximum atomic E-state index is 12.1. The van der Waals surface area contributed by atoms with Gasteiger partial charge < -0.3 is 19.5 Å². The molecule has 0 heterocycles. The zero-order valence-electron chi connectivity index (χ0n) is 17.0. The van der Waals surface area contributed by atoms with Crippen LogP contribution in [-0.4, -0.2) is 32.2 Å². The summed E-state index contributed by atoms with van der Waals surface area (Å²) < 4.78 is 16.1. The van der Waals surface area contributed by atoms with Crippen LogP contribution in [0.15, 0.2) is 77.9 Å². The lowest BCUT2D eigenvalue weighted by atomic mass is 10.2. The van der Waals surface area contributed by atoms with Crippen molar-refractivity contribution in [2.45, 2.75) is 0 Å². The first kappa shape index (κ1) is 21.4. The first-order chi connectivity index (χ1) is 15.1. The zero-order chi connectivity index (χ0) is 22.1. The fourth-order valence-corrected chi connectivity index (χ4v) is 2.56. The van der Waals surface area contributed by atoms with Gasteiger partial charge in [0.15, 0.2) is 0 Å². The van der Waals surface area contributed by atoms with Crippen molar-refractivity contribution >= 4 is 23.7 Å². The van der Waals surface area contributed by atoms with Gasteiger partial charge in [0.2, 0.25) is 0 Å². The second-order valence-electron chi connectivity index (χ2n) is 6.20. The standard InChI is InChI=1S/C23H21N3O5/c1-29-20-11-8-16(21(14-20)30-2)15-24-26-23(28)22(27)25-17-9-12-19(13-10-17)31-18-6-4-3-5-7-18/h3-15H,1-2H3,(H,25,27)(H,26,28)/b24-15-. The number of hydrazone groups is 1. The van der Waals surface area contributed by atoms with E-state index in [1.807, 2.05) is 30.3 Å². The van der Waals surface area contributed by atoms with E-state index in [0.717, 1.165) is 0 Å². The Hall–Kier alpha value is -4.33. The molecule has 0 spiro atoms. The predicted molar refractivity (Wildman–Crippen MR) is 117 cm³/mol. The number of rotatable bonds is 7. The highest BCUT2D eigenvalue weighted by Gasteiger charge is 2.13. The normalized spacial score (nSPS) is 10.4. The quantitative estimate of drug-likeness (QED) is 0.347. The van der Waals surface area contributed by atoms with E-state index < -0.39 is 11.8 Å². The Labute approximate surface area is 179 Å². The molecule has 158 valence electrons. The molecule has 0 aliphatic heterocycles. The number of carbonyl (C=O) groups is 2. The second-order valence-corrected chi connectivity index (χ2v) is 6.20. The van der Waals surface area contributed by atoms with Crippen molar-refractivity contribution < 1.29 is 23.8 Å². The van der Waals surface area contributed by atoms with Crippen LogP contribution in [-0.2, 0) is 9.59 Å². The molecule has 3 rings (SSSR count). The van der Waals surface area contributed by atoms with Crippen LogP contribution in [0.3, 0.4) is 0 Å². The van der Waals surface area contributed by atoms with Crippen LogP contribution in [0, 0.1) is 0 Å². The molecule has 3 aromatic carbocycles. The molecule has 8 nitrogen and oxygen atoms in total. The minimum Gasteiger partial charge on any atom is -0.497 e. The summed E-state index contributed by atoms with van der Waals surface area (Å²) in [6.07, 6.45) is 1.37. The minimum atomic E-state index is -0.909. The molecular weight excluding hydrogens is 398 g/mol. The number of amides is 2. The number of nitrogens with zero attached hydrogens (tertiary/aromatic N) is 1. The summed E-state index contributed by atoms with van der Waals surface area (Å²) in [7, 11) is 3.06. The van der Waals surface area contributed by atoms with Gasteiger partial charge in [-0.1, -0.05) is 18.2 Å². The lowest BCUT2D eigenvalue weighted by Crippen LogP contribution is -2.32. The van der Waals surface area contributed by atoms with E-state index in [-0.39, 0.29) is 0 Å². The lowest BCUT2D eigenvalue weighted by molar-refractivity contribution is -0.136. The monoisotopic (exact) mass is 419 g/mol. The van der Waals surface area contributed by atoms with Crippen molar-refractivity contribution in [3.8, 4) is 23.0 Å². The summed E-state index contributed by atoms with van der Waals surface area (Å²) in [5, 5.41) is 6.30. The third-order valence-corrected chi connectivity index (χ3v) is 4.11. The molecule has 0 unspecified atom stereocenters. The Morgan fingerprint density at radius 1 is 0.806 bits per heavy atom. The van der Waals surface area contributed by atoms with Gasteiger partial charge in [0.05, 0.1) is 20.4 Å². The van der Waals surface area contributed by atoms with E-state index in [1.165, 1.54) is 13.3 Å². The molecule has 0 bridgehead atoms. The van der Waals surface area contributed by atoms with Crippen molar-refractivity contribution in [1.82, 2.24) is 5.43 Å². The third-order valence-electron chi connectivity index (χ3n) is 4.11. The Bertz CT molecular complexity index is 1070. The summed E-state index contributed by atoms with van der Waals surface area (Å²) in [5.74, 6) is 0.679. The first-order valence-electron chi connectivity index (χ1n) is 9.28. The Kier molecular flexibility index (Phi) is 7.21. The van der Waals surface area contributed by atoms with Crippen molar-refractivity contribution in [3.63, 3.8) is 0 Å². The van der Waals surface area contributed by atoms with Crippen LogP contribution in [0.2, 0.25) is 0 Å². The number of hydrogen-bond donors (Lipinski definition) is 2. The average Bonchev–Trinajstić information content (AvgIpc) is 2.81. The van der Waals surface area contributed by atoms with Gasteiger partial charge in [-0.05, 0) is 48.5 Å². The van der Waals surface area contributed by atoms with E-state index in [0.29, 0.717) is 34.2 Å². The van der Waals surface area contributed by atoms with E-state index in [2.05, 4.69) is 15.8 Å². The SMILES string of the molecule is COc1ccc(/C=N\NC(=O)C(=O)Nc2ccc(Oc3ccccc3)cc2)c(OC)c1. The third kappa shape index (κ3) is 6.07. The van der Waals surface area contributed by atoms with Crippen LogP contribution in [0.5, 0.6) is 23.0 Å². The van der Waals surface area contributed by atoms with E-state index >= 15 is 0 Å². The molecule has 0 aliphatic carbocycles. The molecule has 0 aliphatic rings. The number of methoxy groups -OCH3 is 2. The smallest absolute Gasteiger partial charge is 0.329 e. The molecule has 2 N–H and O–H groups in total. The van der Waals surface area contributed by atoms with Crippen molar-refractivity contribution in [3.05, 3.63) is 78.4 Å². The highest BCUT2D eigenvalue weighted by Crippen LogP contribution is 2.23. The molecule has 3 aromatic rings. The molecule has 2 amide bonds. The highest BCUT2D eigenvalue weighted by molar-refractivity contribution is 6.39. The lowest BCUT2D eigenvalue weighted by Gasteiger charge is -2.08. The molecule has 31 heavy (non-hydrogen) atoms. The van der Waals surface area contributed by atoms with Crippen molar-refractivity contribution in [1.29, 1.82) is 0 Å². The summed E-state index contributed by atoms with van der Waals surface area (Å²) >= 11 is 0. The number of para-hydroxylation sites is 1. The van der Waals surface area contributed by atoms with Crippen molar-refractivity contribution in [2.24, 2.45) is 5.10 Å². The van der Waals surface area contributed by atoms with Crippen LogP contribution < -0.4 is 25.0 Å². The maximum absolute atomic E-state index is 12.1. The molecule has 0 saturated heterocycles.